The van der Waals surface area contributed by atoms with Crippen molar-refractivity contribution < 1.29 is 9.59 Å². The van der Waals surface area contributed by atoms with Gasteiger partial charge in [-0.3, -0.25) is 19.5 Å². The molecule has 3 aliphatic heterocycles. The van der Waals surface area contributed by atoms with Crippen LogP contribution in [0.25, 0.3) is 0 Å². The second kappa shape index (κ2) is 8.02. The molecule has 132 valence electrons. The molecule has 1 fully saturated rings. The molecule has 7 nitrogen and oxygen atoms in total. The van der Waals surface area contributed by atoms with Crippen molar-refractivity contribution in [3.8, 4) is 0 Å². The normalized spacial score (nSPS) is 24.2. The van der Waals surface area contributed by atoms with Crippen molar-refractivity contribution in [3.05, 3.63) is 11.1 Å². The fourth-order valence-corrected chi connectivity index (χ4v) is 4.41. The molecule has 0 aromatic rings. The number of aliphatic imine (C=N–C) groups is 1. The number of hydrogen-bond acceptors (Lipinski definition) is 6. The first-order chi connectivity index (χ1) is 11.6. The smallest absolute Gasteiger partial charge is 0.231 e. The molecular weight excluding hydrogens is 326 g/mol. The SMILES string of the molecule is NC(=O)CN1CCC[C@H](C(=O)NCCC2=CSC3=NCCCN23)C1. The summed E-state index contributed by atoms with van der Waals surface area (Å²) in [6, 6.07) is 0. The molecule has 0 saturated carbocycles. The topological polar surface area (TPSA) is 91.0 Å². The van der Waals surface area contributed by atoms with Crippen molar-refractivity contribution in [1.29, 1.82) is 0 Å². The third kappa shape index (κ3) is 4.30. The van der Waals surface area contributed by atoms with Crippen LogP contribution < -0.4 is 11.1 Å². The number of piperidine rings is 1. The number of primary amides is 1. The summed E-state index contributed by atoms with van der Waals surface area (Å²) in [4.78, 5) is 32.2. The van der Waals surface area contributed by atoms with Crippen molar-refractivity contribution >= 4 is 28.7 Å². The summed E-state index contributed by atoms with van der Waals surface area (Å²) in [5.41, 5.74) is 6.49. The predicted octanol–water partition coefficient (Wildman–Crippen LogP) is 0.340. The number of amides is 2. The second-order valence-corrected chi connectivity index (χ2v) is 7.31. The van der Waals surface area contributed by atoms with E-state index >= 15 is 0 Å². The van der Waals surface area contributed by atoms with Crippen molar-refractivity contribution in [2.75, 3.05) is 39.3 Å². The van der Waals surface area contributed by atoms with Gasteiger partial charge in [-0.05, 0) is 31.2 Å². The third-order valence-electron chi connectivity index (χ3n) is 4.60. The van der Waals surface area contributed by atoms with Crippen LogP contribution in [0.4, 0.5) is 0 Å². The number of carbonyl (C=O) groups excluding carboxylic acids is 2. The summed E-state index contributed by atoms with van der Waals surface area (Å²) in [5.74, 6) is -0.291. The summed E-state index contributed by atoms with van der Waals surface area (Å²) in [7, 11) is 0. The predicted molar refractivity (Wildman–Crippen MR) is 95.3 cm³/mol. The monoisotopic (exact) mass is 351 g/mol. The molecular formula is C16H25N5O2S. The zero-order valence-electron chi connectivity index (χ0n) is 13.9. The molecule has 3 N–H and O–H groups in total. The van der Waals surface area contributed by atoms with Crippen LogP contribution in [0.15, 0.2) is 16.1 Å². The van der Waals surface area contributed by atoms with E-state index in [-0.39, 0.29) is 24.3 Å². The molecule has 3 heterocycles. The maximum atomic E-state index is 12.4. The van der Waals surface area contributed by atoms with E-state index in [2.05, 4.69) is 20.6 Å². The highest BCUT2D eigenvalue weighted by Gasteiger charge is 2.27. The van der Waals surface area contributed by atoms with Crippen molar-refractivity contribution in [3.63, 3.8) is 0 Å². The molecule has 24 heavy (non-hydrogen) atoms. The minimum atomic E-state index is -0.333. The Labute approximate surface area is 146 Å². The number of nitrogens with one attached hydrogen (secondary N) is 1. The molecule has 3 aliphatic rings. The van der Waals surface area contributed by atoms with Crippen LogP contribution in [0.1, 0.15) is 25.7 Å². The van der Waals surface area contributed by atoms with Gasteiger partial charge in [0.15, 0.2) is 5.17 Å². The van der Waals surface area contributed by atoms with Gasteiger partial charge in [0.05, 0.1) is 12.5 Å². The van der Waals surface area contributed by atoms with Gasteiger partial charge in [0.1, 0.15) is 0 Å². The van der Waals surface area contributed by atoms with Crippen molar-refractivity contribution in [2.24, 2.45) is 16.6 Å². The van der Waals surface area contributed by atoms with Crippen LogP contribution >= 0.6 is 11.8 Å². The number of nitrogens with two attached hydrogens (primary N) is 1. The average molecular weight is 351 g/mol. The summed E-state index contributed by atoms with van der Waals surface area (Å²) in [5, 5.41) is 6.29. The molecule has 0 bridgehead atoms. The Bertz CT molecular complexity index is 563. The lowest BCUT2D eigenvalue weighted by Crippen LogP contribution is -2.46. The molecule has 2 amide bonds. The van der Waals surface area contributed by atoms with Gasteiger partial charge in [-0.15, -0.1) is 0 Å². The Morgan fingerprint density at radius 1 is 1.38 bits per heavy atom. The van der Waals surface area contributed by atoms with Crippen LogP contribution in [0.3, 0.4) is 0 Å². The lowest BCUT2D eigenvalue weighted by Gasteiger charge is -2.31. The highest BCUT2D eigenvalue weighted by atomic mass is 32.2. The first-order valence-electron chi connectivity index (χ1n) is 8.59. The molecule has 8 heteroatoms. The van der Waals surface area contributed by atoms with Crippen LogP contribution in [0.5, 0.6) is 0 Å². The first kappa shape index (κ1) is 17.3. The van der Waals surface area contributed by atoms with E-state index in [1.165, 1.54) is 5.70 Å². The maximum Gasteiger partial charge on any atom is 0.231 e. The van der Waals surface area contributed by atoms with Gasteiger partial charge in [-0.25, -0.2) is 0 Å². The fraction of sp³-hybridized carbons (Fsp3) is 0.688. The minimum absolute atomic E-state index is 0.0443. The Balaban J connectivity index is 1.42. The molecule has 0 aliphatic carbocycles. The molecule has 0 unspecified atom stereocenters. The molecule has 0 radical (unpaired) electrons. The highest BCUT2D eigenvalue weighted by Crippen LogP contribution is 2.30. The van der Waals surface area contributed by atoms with Gasteiger partial charge in [0.2, 0.25) is 11.8 Å². The van der Waals surface area contributed by atoms with E-state index in [9.17, 15) is 9.59 Å². The van der Waals surface area contributed by atoms with Gasteiger partial charge < -0.3 is 16.0 Å². The Hall–Kier alpha value is -1.54. The fourth-order valence-electron chi connectivity index (χ4n) is 3.42. The number of thioether (sulfide) groups is 1. The summed E-state index contributed by atoms with van der Waals surface area (Å²) in [6.45, 7) is 4.28. The van der Waals surface area contributed by atoms with Gasteiger partial charge in [-0.2, -0.15) is 0 Å². The van der Waals surface area contributed by atoms with Gasteiger partial charge >= 0.3 is 0 Å². The van der Waals surface area contributed by atoms with Crippen molar-refractivity contribution in [1.82, 2.24) is 15.1 Å². The van der Waals surface area contributed by atoms with Crippen LogP contribution in [-0.4, -0.2) is 66.1 Å². The van der Waals surface area contributed by atoms with Gasteiger partial charge in [-0.1, -0.05) is 11.8 Å². The standard InChI is InChI=1S/C16H25N5O2S/c17-14(22)10-20-7-1-3-12(9-20)15(23)18-6-4-13-11-24-16-19-5-2-8-21(13)16/h11-12H,1-10H2,(H2,17,22)(H,18,23)/t12-/m0/s1. The van der Waals surface area contributed by atoms with E-state index in [1.807, 2.05) is 4.90 Å². The maximum absolute atomic E-state index is 12.4. The molecule has 0 aromatic carbocycles. The molecule has 1 saturated heterocycles. The number of carbonyl (C=O) groups is 2. The first-order valence-corrected chi connectivity index (χ1v) is 9.47. The van der Waals surface area contributed by atoms with Gasteiger partial charge in [0.25, 0.3) is 0 Å². The number of amidine groups is 1. The largest absolute Gasteiger partial charge is 0.369 e. The molecule has 0 aromatic heterocycles. The summed E-state index contributed by atoms with van der Waals surface area (Å²) in [6.07, 6.45) is 3.73. The number of fused-ring (bicyclic) bond motifs is 1. The molecule has 3 rings (SSSR count). The van der Waals surface area contributed by atoms with E-state index in [0.717, 1.165) is 50.5 Å². The van der Waals surface area contributed by atoms with E-state index < -0.39 is 0 Å². The zero-order valence-corrected chi connectivity index (χ0v) is 14.7. The van der Waals surface area contributed by atoms with Crippen LogP contribution in [-0.2, 0) is 9.59 Å². The minimum Gasteiger partial charge on any atom is -0.369 e. The van der Waals surface area contributed by atoms with Gasteiger partial charge in [0, 0.05) is 38.3 Å². The summed E-state index contributed by atoms with van der Waals surface area (Å²) >= 11 is 1.68. The Morgan fingerprint density at radius 3 is 3.08 bits per heavy atom. The second-order valence-electron chi connectivity index (χ2n) is 6.48. The quantitative estimate of drug-likeness (QED) is 0.720. The third-order valence-corrected chi connectivity index (χ3v) is 5.55. The average Bonchev–Trinajstić information content (AvgIpc) is 2.98. The van der Waals surface area contributed by atoms with E-state index in [0.29, 0.717) is 13.1 Å². The number of hydrogen-bond donors (Lipinski definition) is 2. The summed E-state index contributed by atoms with van der Waals surface area (Å²) < 4.78 is 0. The van der Waals surface area contributed by atoms with E-state index in [4.69, 9.17) is 5.73 Å². The van der Waals surface area contributed by atoms with Crippen molar-refractivity contribution in [2.45, 2.75) is 25.7 Å². The lowest BCUT2D eigenvalue weighted by molar-refractivity contribution is -0.128. The van der Waals surface area contributed by atoms with Crippen LogP contribution in [0, 0.1) is 5.92 Å². The molecule has 1 atom stereocenters. The molecule has 0 spiro atoms. The number of likely N-dealkylation sites (tertiary alicyclic amines) is 1. The number of nitrogens with zero attached hydrogens (tertiary/aromatic N) is 3. The van der Waals surface area contributed by atoms with E-state index in [1.54, 1.807) is 11.8 Å². The Morgan fingerprint density at radius 2 is 2.25 bits per heavy atom. The lowest BCUT2D eigenvalue weighted by atomic mass is 9.97. The Kier molecular flexibility index (Phi) is 5.78. The van der Waals surface area contributed by atoms with Crippen LogP contribution in [0.2, 0.25) is 0 Å². The highest BCUT2D eigenvalue weighted by molar-refractivity contribution is 8.16. The zero-order chi connectivity index (χ0) is 16.9. The number of rotatable bonds is 6.